The molecule has 0 unspecified atom stereocenters. The van der Waals surface area contributed by atoms with Crippen LogP contribution in [0.1, 0.15) is 11.1 Å². The molecule has 0 spiro atoms. The van der Waals surface area contributed by atoms with E-state index in [-0.39, 0.29) is 0 Å². The van der Waals surface area contributed by atoms with E-state index in [9.17, 15) is 10.5 Å². The summed E-state index contributed by atoms with van der Waals surface area (Å²) in [6.45, 7) is 0. The summed E-state index contributed by atoms with van der Waals surface area (Å²) in [5, 5.41) is 26.2. The van der Waals surface area contributed by atoms with E-state index in [1.807, 2.05) is 72.9 Å². The molecule has 0 radical (unpaired) electrons. The number of para-hydroxylation sites is 2. The van der Waals surface area contributed by atoms with Crippen LogP contribution in [0.15, 0.2) is 144 Å². The predicted molar refractivity (Wildman–Crippen MR) is 195 cm³/mol. The van der Waals surface area contributed by atoms with E-state index in [0.29, 0.717) is 11.1 Å². The Balaban J connectivity index is 1.22. The Morgan fingerprint density at radius 3 is 2.20 bits per heavy atom. The molecule has 0 saturated carbocycles. The van der Waals surface area contributed by atoms with Crippen LogP contribution in [0.2, 0.25) is 0 Å². The molecule has 6 nitrogen and oxygen atoms in total. The normalized spacial score (nSPS) is 11.6. The highest BCUT2D eigenvalue weighted by molar-refractivity contribution is 6.24. The number of rotatable bonds is 3. The van der Waals surface area contributed by atoms with Gasteiger partial charge in [-0.25, -0.2) is 4.98 Å². The first-order chi connectivity index (χ1) is 24.2. The summed E-state index contributed by atoms with van der Waals surface area (Å²) in [4.78, 5) is 4.88. The van der Waals surface area contributed by atoms with Gasteiger partial charge in [-0.05, 0) is 96.1 Å². The first-order valence-electron chi connectivity index (χ1n) is 16.0. The summed E-state index contributed by atoms with van der Waals surface area (Å²) in [7, 11) is 0. The van der Waals surface area contributed by atoms with Crippen LogP contribution in [0, 0.1) is 22.7 Å². The smallest absolute Gasteiger partial charge is 0.145 e. The molecule has 0 bridgehead atoms. The topological polar surface area (TPSA) is 83.5 Å². The van der Waals surface area contributed by atoms with Crippen molar-refractivity contribution in [1.29, 1.82) is 10.5 Å². The number of hydrogen-bond donors (Lipinski definition) is 0. The van der Waals surface area contributed by atoms with Crippen molar-refractivity contribution in [3.63, 3.8) is 0 Å². The minimum Gasteiger partial charge on any atom is -0.456 e. The number of nitrogens with zero attached hydrogens (tertiary/aromatic N) is 5. The minimum absolute atomic E-state index is 0.558. The molecule has 0 fully saturated rings. The molecule has 4 aromatic heterocycles. The summed E-state index contributed by atoms with van der Waals surface area (Å²) < 4.78 is 10.7. The zero-order chi connectivity index (χ0) is 32.6. The summed E-state index contributed by atoms with van der Waals surface area (Å²) in [6.07, 6.45) is 1.83. The maximum Gasteiger partial charge on any atom is 0.145 e. The predicted octanol–water partition coefficient (Wildman–Crippen LogP) is 10.6. The average molecular weight is 626 g/mol. The van der Waals surface area contributed by atoms with Crippen LogP contribution in [0.4, 0.5) is 0 Å². The fraction of sp³-hybridized carbons (Fsp3) is 0. The molecular weight excluding hydrogens is 603 g/mol. The van der Waals surface area contributed by atoms with Crippen molar-refractivity contribution in [1.82, 2.24) is 14.1 Å². The van der Waals surface area contributed by atoms with Crippen molar-refractivity contribution < 1.29 is 4.42 Å². The van der Waals surface area contributed by atoms with Crippen LogP contribution < -0.4 is 0 Å². The lowest BCUT2D eigenvalue weighted by Gasteiger charge is -2.13. The van der Waals surface area contributed by atoms with Crippen molar-refractivity contribution in [3.8, 4) is 34.6 Å². The fourth-order valence-corrected chi connectivity index (χ4v) is 7.51. The Kier molecular flexibility index (Phi) is 5.61. The monoisotopic (exact) mass is 625 g/mol. The van der Waals surface area contributed by atoms with E-state index in [1.165, 1.54) is 0 Å². The van der Waals surface area contributed by atoms with Gasteiger partial charge in [0.25, 0.3) is 0 Å². The highest BCUT2D eigenvalue weighted by Crippen LogP contribution is 2.41. The lowest BCUT2D eigenvalue weighted by atomic mass is 10.0. The Labute approximate surface area is 279 Å². The molecule has 0 saturated heterocycles. The number of pyridine rings is 1. The highest BCUT2D eigenvalue weighted by Gasteiger charge is 2.20. The van der Waals surface area contributed by atoms with Crippen LogP contribution in [-0.2, 0) is 0 Å². The van der Waals surface area contributed by atoms with Crippen molar-refractivity contribution in [2.24, 2.45) is 0 Å². The molecule has 49 heavy (non-hydrogen) atoms. The zero-order valence-corrected chi connectivity index (χ0v) is 25.9. The third-order valence-corrected chi connectivity index (χ3v) is 9.57. The fourth-order valence-electron chi connectivity index (χ4n) is 7.51. The summed E-state index contributed by atoms with van der Waals surface area (Å²) in [6, 6.07) is 49.5. The summed E-state index contributed by atoms with van der Waals surface area (Å²) in [5.41, 5.74) is 10.5. The SMILES string of the molecule is N#Cc1cc(-c2cccc(-n3c4ncccc4c4ccc5oc6ccccc6c5c43)c2)cc(-n2c3ccccc3c3cc(C#N)ccc32)c1. The number of aromatic nitrogens is 3. The van der Waals surface area contributed by atoms with Crippen molar-refractivity contribution in [2.45, 2.75) is 0 Å². The Bertz CT molecular complexity index is 3090. The average Bonchev–Trinajstić information content (AvgIpc) is 3.82. The van der Waals surface area contributed by atoms with Gasteiger partial charge >= 0.3 is 0 Å². The number of nitriles is 2. The first-order valence-corrected chi connectivity index (χ1v) is 16.0. The number of furan rings is 1. The third-order valence-electron chi connectivity index (χ3n) is 9.57. The van der Waals surface area contributed by atoms with Crippen molar-refractivity contribution >= 4 is 65.7 Å². The molecule has 10 aromatic rings. The van der Waals surface area contributed by atoms with Gasteiger partial charge in [-0.15, -0.1) is 0 Å². The quantitative estimate of drug-likeness (QED) is 0.196. The van der Waals surface area contributed by atoms with Gasteiger partial charge in [0.15, 0.2) is 0 Å². The maximum absolute atomic E-state index is 10.2. The van der Waals surface area contributed by atoms with Crippen LogP contribution in [-0.4, -0.2) is 14.1 Å². The van der Waals surface area contributed by atoms with Crippen molar-refractivity contribution in [3.05, 3.63) is 151 Å². The van der Waals surface area contributed by atoms with Gasteiger partial charge in [-0.1, -0.05) is 48.5 Å². The molecule has 226 valence electrons. The van der Waals surface area contributed by atoms with E-state index < -0.39 is 0 Å². The van der Waals surface area contributed by atoms with Crippen LogP contribution >= 0.6 is 0 Å². The Morgan fingerprint density at radius 2 is 1.31 bits per heavy atom. The third kappa shape index (κ3) is 3.89. The molecular formula is C43H23N5O. The first kappa shape index (κ1) is 27.0. The van der Waals surface area contributed by atoms with E-state index in [2.05, 4.69) is 88.0 Å². The van der Waals surface area contributed by atoms with E-state index in [4.69, 9.17) is 9.40 Å². The number of benzene rings is 6. The van der Waals surface area contributed by atoms with Gasteiger partial charge in [0.1, 0.15) is 16.8 Å². The van der Waals surface area contributed by atoms with Gasteiger partial charge in [-0.2, -0.15) is 10.5 Å². The molecule has 0 aliphatic rings. The van der Waals surface area contributed by atoms with E-state index in [0.717, 1.165) is 88.2 Å². The standard InChI is InChI=1S/C43H23N5O/c44-24-26-14-16-38-36(21-26)32-9-1-3-12-37(32)47(38)31-20-27(25-45)19-29(23-31)28-7-5-8-30(22-28)48-42-33(34-11-6-18-46-43(34)48)15-17-40-41(42)35-10-2-4-13-39(35)49-40/h1-23H. The van der Waals surface area contributed by atoms with Crippen LogP contribution in [0.5, 0.6) is 0 Å². The lowest BCUT2D eigenvalue weighted by molar-refractivity contribution is 0.669. The van der Waals surface area contributed by atoms with Crippen molar-refractivity contribution in [2.75, 3.05) is 0 Å². The lowest BCUT2D eigenvalue weighted by Crippen LogP contribution is -1.98. The molecule has 10 rings (SSSR count). The Hall–Kier alpha value is -7.15. The number of hydrogen-bond acceptors (Lipinski definition) is 4. The number of fused-ring (bicyclic) bond motifs is 10. The second-order valence-electron chi connectivity index (χ2n) is 12.3. The maximum atomic E-state index is 10.2. The molecule has 0 amide bonds. The Morgan fingerprint density at radius 1 is 0.510 bits per heavy atom. The largest absolute Gasteiger partial charge is 0.456 e. The molecule has 4 heterocycles. The second-order valence-corrected chi connectivity index (χ2v) is 12.3. The second kappa shape index (κ2) is 10.2. The zero-order valence-electron chi connectivity index (χ0n) is 25.9. The highest BCUT2D eigenvalue weighted by atomic mass is 16.3. The molecule has 0 aliphatic carbocycles. The molecule has 6 aromatic carbocycles. The molecule has 0 aliphatic heterocycles. The van der Waals surface area contributed by atoms with Gasteiger partial charge in [0.2, 0.25) is 0 Å². The van der Waals surface area contributed by atoms with E-state index >= 15 is 0 Å². The minimum atomic E-state index is 0.558. The van der Waals surface area contributed by atoms with Gasteiger partial charge < -0.3 is 8.98 Å². The van der Waals surface area contributed by atoms with E-state index in [1.54, 1.807) is 0 Å². The van der Waals surface area contributed by atoms with Gasteiger partial charge in [-0.3, -0.25) is 4.57 Å². The molecule has 0 N–H and O–H groups in total. The van der Waals surface area contributed by atoms with Gasteiger partial charge in [0.05, 0.1) is 45.2 Å². The van der Waals surface area contributed by atoms with Gasteiger partial charge in [0, 0.05) is 44.5 Å². The summed E-state index contributed by atoms with van der Waals surface area (Å²) >= 11 is 0. The summed E-state index contributed by atoms with van der Waals surface area (Å²) in [5.74, 6) is 0. The molecule has 0 atom stereocenters. The van der Waals surface area contributed by atoms with Crippen LogP contribution in [0.25, 0.3) is 88.2 Å². The van der Waals surface area contributed by atoms with Crippen LogP contribution in [0.3, 0.4) is 0 Å². The molecule has 6 heteroatoms.